The molecule has 0 aromatic heterocycles. The fourth-order valence-electron chi connectivity index (χ4n) is 2.54. The van der Waals surface area contributed by atoms with E-state index in [9.17, 15) is 20.0 Å². The first-order valence-electron chi connectivity index (χ1n) is 6.83. The Kier molecular flexibility index (Phi) is 3.64. The standard InChI is InChI=1S/C17H12N2O4/c20-16-14(11-6-2-1-3-7-11)10-12-8-4-5-9-13(12)15(16)17(21)18-19(22)23/h1-10,20H,(H,18,21). The van der Waals surface area contributed by atoms with Gasteiger partial charge in [0.15, 0.2) is 5.03 Å². The fourth-order valence-corrected chi connectivity index (χ4v) is 2.54. The van der Waals surface area contributed by atoms with Gasteiger partial charge in [0.2, 0.25) is 0 Å². The number of hydrazine groups is 1. The van der Waals surface area contributed by atoms with E-state index >= 15 is 0 Å². The maximum Gasteiger partial charge on any atom is 0.315 e. The van der Waals surface area contributed by atoms with Gasteiger partial charge in [0.05, 0.1) is 5.56 Å². The van der Waals surface area contributed by atoms with Gasteiger partial charge in [0.25, 0.3) is 0 Å². The number of nitrogens with zero attached hydrogens (tertiary/aromatic N) is 1. The Hall–Kier alpha value is -3.41. The van der Waals surface area contributed by atoms with Gasteiger partial charge in [-0.2, -0.15) is 0 Å². The van der Waals surface area contributed by atoms with Crippen molar-refractivity contribution in [2.24, 2.45) is 0 Å². The number of rotatable bonds is 3. The predicted octanol–water partition coefficient (Wildman–Crippen LogP) is 3.13. The van der Waals surface area contributed by atoms with E-state index in [1.807, 2.05) is 6.07 Å². The van der Waals surface area contributed by atoms with E-state index in [1.165, 1.54) is 0 Å². The molecule has 0 fully saturated rings. The zero-order valence-corrected chi connectivity index (χ0v) is 11.9. The monoisotopic (exact) mass is 308 g/mol. The van der Waals surface area contributed by atoms with E-state index in [4.69, 9.17) is 0 Å². The van der Waals surface area contributed by atoms with Crippen LogP contribution in [0.4, 0.5) is 0 Å². The molecule has 3 aromatic carbocycles. The number of carbonyl (C=O) groups is 1. The van der Waals surface area contributed by atoms with Crippen molar-refractivity contribution in [1.82, 2.24) is 5.43 Å². The van der Waals surface area contributed by atoms with E-state index < -0.39 is 10.9 Å². The number of benzene rings is 3. The van der Waals surface area contributed by atoms with E-state index in [1.54, 1.807) is 60.0 Å². The number of amides is 1. The van der Waals surface area contributed by atoms with Crippen LogP contribution >= 0.6 is 0 Å². The van der Waals surface area contributed by atoms with Crippen LogP contribution in [-0.2, 0) is 0 Å². The molecule has 0 radical (unpaired) electrons. The van der Waals surface area contributed by atoms with Crippen LogP contribution in [0.15, 0.2) is 60.7 Å². The van der Waals surface area contributed by atoms with Crippen LogP contribution in [0.1, 0.15) is 10.4 Å². The number of carbonyl (C=O) groups excluding carboxylic acids is 1. The minimum Gasteiger partial charge on any atom is -0.506 e. The van der Waals surface area contributed by atoms with Crippen molar-refractivity contribution in [3.05, 3.63) is 76.3 Å². The normalized spacial score (nSPS) is 10.4. The van der Waals surface area contributed by atoms with Gasteiger partial charge in [-0.3, -0.25) is 4.79 Å². The summed E-state index contributed by atoms with van der Waals surface area (Å²) < 4.78 is 0. The molecule has 114 valence electrons. The highest BCUT2D eigenvalue weighted by molar-refractivity contribution is 6.11. The molecule has 0 aliphatic rings. The molecule has 6 nitrogen and oxygen atoms in total. The lowest BCUT2D eigenvalue weighted by Gasteiger charge is -2.12. The molecule has 0 saturated carbocycles. The molecule has 0 aliphatic carbocycles. The fraction of sp³-hybridized carbons (Fsp3) is 0. The lowest BCUT2D eigenvalue weighted by atomic mass is 9.95. The zero-order chi connectivity index (χ0) is 16.4. The second-order valence-corrected chi connectivity index (χ2v) is 4.93. The van der Waals surface area contributed by atoms with Crippen LogP contribution < -0.4 is 5.43 Å². The average Bonchev–Trinajstić information content (AvgIpc) is 2.54. The first kappa shape index (κ1) is 14.5. The summed E-state index contributed by atoms with van der Waals surface area (Å²) in [6.07, 6.45) is 0. The Labute approximate surface area is 131 Å². The smallest absolute Gasteiger partial charge is 0.315 e. The second-order valence-electron chi connectivity index (χ2n) is 4.93. The van der Waals surface area contributed by atoms with Gasteiger partial charge in [-0.05, 0) is 22.4 Å². The molecular formula is C17H12N2O4. The Morgan fingerprint density at radius 2 is 1.70 bits per heavy atom. The molecule has 0 bridgehead atoms. The molecular weight excluding hydrogens is 296 g/mol. The Bertz CT molecular complexity index is 907. The third-order valence-electron chi connectivity index (χ3n) is 3.53. The quantitative estimate of drug-likeness (QED) is 0.574. The zero-order valence-electron chi connectivity index (χ0n) is 11.9. The number of nitrogens with one attached hydrogen (secondary N) is 1. The maximum absolute atomic E-state index is 12.2. The van der Waals surface area contributed by atoms with Crippen molar-refractivity contribution in [2.75, 3.05) is 0 Å². The van der Waals surface area contributed by atoms with Crippen LogP contribution in [0.25, 0.3) is 21.9 Å². The third-order valence-corrected chi connectivity index (χ3v) is 3.53. The summed E-state index contributed by atoms with van der Waals surface area (Å²) in [5.74, 6) is -1.24. The van der Waals surface area contributed by atoms with Crippen molar-refractivity contribution < 1.29 is 14.9 Å². The van der Waals surface area contributed by atoms with E-state index in [0.717, 1.165) is 0 Å². The van der Waals surface area contributed by atoms with Crippen molar-refractivity contribution in [3.8, 4) is 16.9 Å². The summed E-state index contributed by atoms with van der Waals surface area (Å²) in [5.41, 5.74) is 2.64. The summed E-state index contributed by atoms with van der Waals surface area (Å²) in [6.45, 7) is 0. The number of nitro groups is 1. The molecule has 23 heavy (non-hydrogen) atoms. The lowest BCUT2D eigenvalue weighted by molar-refractivity contribution is -0.527. The minimum absolute atomic E-state index is 0.112. The van der Waals surface area contributed by atoms with E-state index in [2.05, 4.69) is 0 Å². The highest BCUT2D eigenvalue weighted by atomic mass is 16.7. The predicted molar refractivity (Wildman–Crippen MR) is 85.5 cm³/mol. The van der Waals surface area contributed by atoms with Gasteiger partial charge in [-0.25, -0.2) is 10.1 Å². The number of phenolic OH excluding ortho intramolecular Hbond substituents is 1. The van der Waals surface area contributed by atoms with Crippen molar-refractivity contribution in [1.29, 1.82) is 0 Å². The molecule has 1 amide bonds. The van der Waals surface area contributed by atoms with Crippen LogP contribution in [0, 0.1) is 10.1 Å². The molecule has 6 heteroatoms. The number of hydrogen-bond acceptors (Lipinski definition) is 4. The minimum atomic E-state index is -0.957. The average molecular weight is 308 g/mol. The molecule has 0 spiro atoms. The maximum atomic E-state index is 12.2. The number of hydrogen-bond donors (Lipinski definition) is 2. The Morgan fingerprint density at radius 3 is 2.39 bits per heavy atom. The van der Waals surface area contributed by atoms with E-state index in [-0.39, 0.29) is 11.3 Å². The van der Waals surface area contributed by atoms with Crippen molar-refractivity contribution in [2.45, 2.75) is 0 Å². The topological polar surface area (TPSA) is 92.5 Å². The first-order valence-corrected chi connectivity index (χ1v) is 6.83. The second kappa shape index (κ2) is 5.76. The molecule has 0 heterocycles. The van der Waals surface area contributed by atoms with Gasteiger partial charge in [-0.1, -0.05) is 60.0 Å². The number of aromatic hydroxyl groups is 1. The Morgan fingerprint density at radius 1 is 1.04 bits per heavy atom. The Balaban J connectivity index is 2.30. The molecule has 0 aliphatic heterocycles. The molecule has 0 atom stereocenters. The summed E-state index contributed by atoms with van der Waals surface area (Å²) in [7, 11) is 0. The summed E-state index contributed by atoms with van der Waals surface area (Å²) >= 11 is 0. The molecule has 3 aromatic rings. The third kappa shape index (κ3) is 2.69. The highest BCUT2D eigenvalue weighted by Crippen LogP contribution is 2.37. The molecule has 2 N–H and O–H groups in total. The van der Waals surface area contributed by atoms with E-state index in [0.29, 0.717) is 21.9 Å². The van der Waals surface area contributed by atoms with Gasteiger partial charge < -0.3 is 5.11 Å². The lowest BCUT2D eigenvalue weighted by Crippen LogP contribution is -2.29. The largest absolute Gasteiger partial charge is 0.506 e. The van der Waals surface area contributed by atoms with Gasteiger partial charge >= 0.3 is 5.91 Å². The van der Waals surface area contributed by atoms with Gasteiger partial charge in [0, 0.05) is 5.56 Å². The first-order chi connectivity index (χ1) is 11.1. The number of phenols is 1. The summed E-state index contributed by atoms with van der Waals surface area (Å²) in [5, 5.41) is 21.3. The molecule has 0 unspecified atom stereocenters. The van der Waals surface area contributed by atoms with Crippen LogP contribution in [0.3, 0.4) is 0 Å². The van der Waals surface area contributed by atoms with Gasteiger partial charge in [-0.15, -0.1) is 0 Å². The van der Waals surface area contributed by atoms with Crippen LogP contribution in [-0.4, -0.2) is 16.0 Å². The molecule has 3 rings (SSSR count). The van der Waals surface area contributed by atoms with Crippen molar-refractivity contribution >= 4 is 16.7 Å². The highest BCUT2D eigenvalue weighted by Gasteiger charge is 2.22. The van der Waals surface area contributed by atoms with Crippen molar-refractivity contribution in [3.63, 3.8) is 0 Å². The van der Waals surface area contributed by atoms with Crippen LogP contribution in [0.2, 0.25) is 0 Å². The summed E-state index contributed by atoms with van der Waals surface area (Å²) in [4.78, 5) is 22.7. The van der Waals surface area contributed by atoms with Crippen LogP contribution in [0.5, 0.6) is 5.75 Å². The summed E-state index contributed by atoms with van der Waals surface area (Å²) in [6, 6.07) is 17.7. The number of fused-ring (bicyclic) bond motifs is 1. The van der Waals surface area contributed by atoms with Gasteiger partial charge in [0.1, 0.15) is 5.75 Å². The SMILES string of the molecule is O=C(N[N+](=O)[O-])c1c(O)c(-c2ccccc2)cc2ccccc12. The molecule has 0 saturated heterocycles.